The summed E-state index contributed by atoms with van der Waals surface area (Å²) in [6.07, 6.45) is 1.75. The van der Waals surface area contributed by atoms with E-state index in [9.17, 15) is 9.59 Å². The third kappa shape index (κ3) is 14.0. The molecule has 2 rings (SSSR count). The van der Waals surface area contributed by atoms with Crippen molar-refractivity contribution in [2.45, 2.75) is 135 Å². The second-order valence-corrected chi connectivity index (χ2v) is 38.9. The molecule has 1 aliphatic rings. The standard InChI is InChI=1S/C31H58O8Si5/c1-40(2,3)35-25-19-16-24(17-20-25)18-21-28(32)34-26-22-31(39-44(13,14)15,30(33)38-43(10,11)12)23-27(36-41(4,5)6)29(26)37-42(7,8)9/h16-21,26-27,29H,22-23H2,1-15H3/b21-18+. The molecule has 44 heavy (non-hydrogen) atoms. The van der Waals surface area contributed by atoms with Gasteiger partial charge in [0.1, 0.15) is 18.0 Å². The molecular formula is C31H58O8Si5. The fraction of sp³-hybridized carbons (Fsp3) is 0.677. The lowest BCUT2D eigenvalue weighted by molar-refractivity contribution is -0.187. The normalized spacial score (nSPS) is 23.8. The number of carbonyl (C=O) groups excluding carboxylic acids is 2. The minimum absolute atomic E-state index is 0.142. The summed E-state index contributed by atoms with van der Waals surface area (Å²) in [6, 6.07) is 7.64. The van der Waals surface area contributed by atoms with Crippen molar-refractivity contribution in [3.05, 3.63) is 35.9 Å². The highest BCUT2D eigenvalue weighted by Gasteiger charge is 2.57. The van der Waals surface area contributed by atoms with Crippen LogP contribution in [0.15, 0.2) is 30.3 Å². The molecule has 1 fully saturated rings. The monoisotopic (exact) mass is 698 g/mol. The summed E-state index contributed by atoms with van der Waals surface area (Å²) in [4.78, 5) is 27.4. The molecule has 4 unspecified atom stereocenters. The highest BCUT2D eigenvalue weighted by molar-refractivity contribution is 6.72. The summed E-state index contributed by atoms with van der Waals surface area (Å²) >= 11 is 0. The molecule has 0 amide bonds. The predicted octanol–water partition coefficient (Wildman–Crippen LogP) is 8.03. The number of ether oxygens (including phenoxy) is 1. The molecule has 1 aromatic rings. The van der Waals surface area contributed by atoms with Crippen LogP contribution in [0.25, 0.3) is 6.08 Å². The number of benzene rings is 1. The number of rotatable bonds is 13. The van der Waals surface area contributed by atoms with Gasteiger partial charge in [-0.2, -0.15) is 0 Å². The van der Waals surface area contributed by atoms with Crippen molar-refractivity contribution in [2.75, 3.05) is 0 Å². The zero-order chi connectivity index (χ0) is 33.9. The van der Waals surface area contributed by atoms with Crippen molar-refractivity contribution in [2.24, 2.45) is 0 Å². The number of hydrogen-bond donors (Lipinski definition) is 0. The van der Waals surface area contributed by atoms with Gasteiger partial charge in [0.2, 0.25) is 16.6 Å². The molecule has 0 aromatic heterocycles. The quantitative estimate of drug-likeness (QED) is 0.116. The first-order chi connectivity index (χ1) is 19.7. The number of esters is 1. The largest absolute Gasteiger partial charge is 0.544 e. The van der Waals surface area contributed by atoms with Crippen LogP contribution in [0.2, 0.25) is 98.2 Å². The van der Waals surface area contributed by atoms with E-state index in [0.717, 1.165) is 11.3 Å². The van der Waals surface area contributed by atoms with Gasteiger partial charge in [-0.05, 0) is 122 Å². The van der Waals surface area contributed by atoms with Crippen LogP contribution in [0.1, 0.15) is 18.4 Å². The molecule has 1 aromatic carbocycles. The number of carbonyl (C=O) groups is 2. The molecule has 1 saturated carbocycles. The molecule has 0 spiro atoms. The third-order valence-corrected chi connectivity index (χ3v) is 10.7. The summed E-state index contributed by atoms with van der Waals surface area (Å²) in [5.41, 5.74) is -0.464. The first-order valence-corrected chi connectivity index (χ1v) is 32.7. The molecule has 4 atom stereocenters. The van der Waals surface area contributed by atoms with Crippen molar-refractivity contribution in [3.8, 4) is 5.75 Å². The van der Waals surface area contributed by atoms with Gasteiger partial charge in [0.05, 0.1) is 6.10 Å². The van der Waals surface area contributed by atoms with Crippen LogP contribution in [0, 0.1) is 0 Å². The molecule has 0 radical (unpaired) electrons. The smallest absolute Gasteiger partial charge is 0.331 e. The maximum absolute atomic E-state index is 14.0. The van der Waals surface area contributed by atoms with Gasteiger partial charge in [-0.3, -0.25) is 4.79 Å². The maximum atomic E-state index is 14.0. The van der Waals surface area contributed by atoms with Gasteiger partial charge in [-0.25, -0.2) is 4.79 Å². The molecule has 0 bridgehead atoms. The average Bonchev–Trinajstić information content (AvgIpc) is 2.76. The molecule has 250 valence electrons. The van der Waals surface area contributed by atoms with Gasteiger partial charge in [0, 0.05) is 18.9 Å². The Morgan fingerprint density at radius 2 is 1.20 bits per heavy atom. The van der Waals surface area contributed by atoms with Crippen LogP contribution >= 0.6 is 0 Å². The van der Waals surface area contributed by atoms with Gasteiger partial charge >= 0.3 is 11.9 Å². The van der Waals surface area contributed by atoms with Crippen LogP contribution in [0.4, 0.5) is 0 Å². The highest BCUT2D eigenvalue weighted by atomic mass is 28.4. The topological polar surface area (TPSA) is 89.5 Å². The summed E-state index contributed by atoms with van der Waals surface area (Å²) in [7, 11) is -10.5. The Hall–Kier alpha value is -1.34. The van der Waals surface area contributed by atoms with Crippen LogP contribution < -0.4 is 4.43 Å². The highest BCUT2D eigenvalue weighted by Crippen LogP contribution is 2.42. The van der Waals surface area contributed by atoms with E-state index >= 15 is 0 Å². The Morgan fingerprint density at radius 3 is 1.66 bits per heavy atom. The molecule has 0 saturated heterocycles. The maximum Gasteiger partial charge on any atom is 0.331 e. The third-order valence-electron chi connectivity index (χ3n) is 6.05. The minimum atomic E-state index is -2.28. The Labute approximate surface area is 271 Å². The van der Waals surface area contributed by atoms with E-state index in [2.05, 4.69) is 78.6 Å². The van der Waals surface area contributed by atoms with E-state index in [-0.39, 0.29) is 12.8 Å². The van der Waals surface area contributed by atoms with Crippen LogP contribution in [-0.4, -0.2) is 77.4 Å². The Bertz CT molecular complexity index is 1150. The van der Waals surface area contributed by atoms with Gasteiger partial charge in [-0.15, -0.1) is 0 Å². The van der Waals surface area contributed by atoms with Gasteiger partial charge in [0.15, 0.2) is 30.6 Å². The number of hydrogen-bond acceptors (Lipinski definition) is 8. The van der Waals surface area contributed by atoms with E-state index in [4.69, 9.17) is 26.9 Å². The van der Waals surface area contributed by atoms with E-state index in [0.29, 0.717) is 0 Å². The van der Waals surface area contributed by atoms with Crippen LogP contribution in [-0.2, 0) is 32.0 Å². The van der Waals surface area contributed by atoms with Crippen molar-refractivity contribution in [1.82, 2.24) is 0 Å². The van der Waals surface area contributed by atoms with E-state index in [1.807, 2.05) is 43.9 Å². The van der Waals surface area contributed by atoms with E-state index < -0.39 is 77.4 Å². The van der Waals surface area contributed by atoms with Gasteiger partial charge < -0.3 is 26.9 Å². The zero-order valence-corrected chi connectivity index (χ0v) is 34.9. The van der Waals surface area contributed by atoms with Crippen molar-refractivity contribution < 1.29 is 36.5 Å². The molecule has 13 heteroatoms. The molecule has 1 aliphatic carbocycles. The first kappa shape index (κ1) is 38.8. The first-order valence-electron chi connectivity index (χ1n) is 15.6. The lowest BCUT2D eigenvalue weighted by Crippen LogP contribution is -2.65. The molecule has 8 nitrogen and oxygen atoms in total. The summed E-state index contributed by atoms with van der Waals surface area (Å²) in [6.45, 7) is 31.1. The lowest BCUT2D eigenvalue weighted by Gasteiger charge is -2.50. The second-order valence-electron chi connectivity index (χ2n) is 16.7. The predicted molar refractivity (Wildman–Crippen MR) is 192 cm³/mol. The average molecular weight is 699 g/mol. The molecule has 0 N–H and O–H groups in total. The Kier molecular flexibility index (Phi) is 12.5. The zero-order valence-electron chi connectivity index (χ0n) is 29.9. The fourth-order valence-electron chi connectivity index (χ4n) is 5.04. The minimum Gasteiger partial charge on any atom is -0.544 e. The van der Waals surface area contributed by atoms with Gasteiger partial charge in [-0.1, -0.05) is 12.1 Å². The van der Waals surface area contributed by atoms with Crippen LogP contribution in [0.5, 0.6) is 5.75 Å². The molecule has 0 heterocycles. The van der Waals surface area contributed by atoms with E-state index in [1.54, 1.807) is 6.08 Å². The molecule has 0 aliphatic heterocycles. The summed E-state index contributed by atoms with van der Waals surface area (Å²) in [5, 5.41) is 0. The van der Waals surface area contributed by atoms with Crippen molar-refractivity contribution in [3.63, 3.8) is 0 Å². The second kappa shape index (κ2) is 14.2. The fourth-order valence-corrected chi connectivity index (χ4v) is 10.3. The van der Waals surface area contributed by atoms with Gasteiger partial charge in [0.25, 0.3) is 0 Å². The summed E-state index contributed by atoms with van der Waals surface area (Å²) in [5.74, 6) is -0.0996. The Balaban J connectivity index is 2.51. The summed E-state index contributed by atoms with van der Waals surface area (Å²) < 4.78 is 38.5. The lowest BCUT2D eigenvalue weighted by atomic mass is 9.79. The van der Waals surface area contributed by atoms with E-state index in [1.165, 1.54) is 6.08 Å². The van der Waals surface area contributed by atoms with Crippen molar-refractivity contribution in [1.29, 1.82) is 0 Å². The Morgan fingerprint density at radius 1 is 0.682 bits per heavy atom. The van der Waals surface area contributed by atoms with Crippen molar-refractivity contribution >= 4 is 59.6 Å². The van der Waals surface area contributed by atoms with Crippen LogP contribution in [0.3, 0.4) is 0 Å². The SMILES string of the molecule is C[Si](C)(C)OC(=O)C1(O[Si](C)(C)C)CC(OC(=O)/C=C/c2ccc(O[Si](C)(C)C)cc2)C(O[Si](C)(C)C)C(O[Si](C)(C)C)C1. The molecular weight excluding hydrogens is 641 g/mol.